The lowest BCUT2D eigenvalue weighted by Crippen LogP contribution is -2.34. The number of ether oxygens (including phenoxy) is 1. The molecule has 0 spiro atoms. The summed E-state index contributed by atoms with van der Waals surface area (Å²) in [5, 5.41) is 10.6. The molecule has 0 saturated heterocycles. The second-order valence-electron chi connectivity index (χ2n) is 5.33. The Hall–Kier alpha value is -1.86. The lowest BCUT2D eigenvalue weighted by molar-refractivity contribution is -0.253. The Labute approximate surface area is 145 Å². The van der Waals surface area contributed by atoms with Crippen molar-refractivity contribution in [3.05, 3.63) is 64.4 Å². The summed E-state index contributed by atoms with van der Waals surface area (Å²) in [6.07, 6.45) is -8.68. The van der Waals surface area contributed by atoms with Gasteiger partial charge in [-0.3, -0.25) is 0 Å². The van der Waals surface area contributed by atoms with Crippen molar-refractivity contribution in [1.29, 1.82) is 0 Å². The minimum absolute atomic E-state index is 0.0890. The monoisotopic (exact) mass is 380 g/mol. The highest BCUT2D eigenvalue weighted by Crippen LogP contribution is 2.39. The van der Waals surface area contributed by atoms with Crippen molar-refractivity contribution in [2.75, 3.05) is 0 Å². The van der Waals surface area contributed by atoms with Crippen LogP contribution >= 0.6 is 11.6 Å². The Kier molecular flexibility index (Phi) is 5.58. The Bertz CT molecular complexity index is 736. The van der Waals surface area contributed by atoms with E-state index < -0.39 is 29.7 Å². The molecule has 1 N–H and O–H groups in total. The molecule has 2 nitrogen and oxygen atoms in total. The maximum absolute atomic E-state index is 13.2. The zero-order valence-corrected chi connectivity index (χ0v) is 13.7. The molecule has 0 aromatic heterocycles. The summed E-state index contributed by atoms with van der Waals surface area (Å²) in [5.41, 5.74) is -1.28. The number of alkyl halides is 4. The van der Waals surface area contributed by atoms with E-state index in [9.17, 15) is 27.1 Å². The van der Waals surface area contributed by atoms with E-state index in [-0.39, 0.29) is 17.0 Å². The van der Waals surface area contributed by atoms with Crippen LogP contribution in [0, 0.1) is 5.82 Å². The van der Waals surface area contributed by atoms with Gasteiger partial charge in [0.15, 0.2) is 0 Å². The molecule has 8 heteroatoms. The molecule has 0 radical (unpaired) electrons. The first kappa shape index (κ1) is 19.5. The molecule has 0 fully saturated rings. The van der Waals surface area contributed by atoms with E-state index in [2.05, 4.69) is 4.74 Å². The van der Waals surface area contributed by atoms with Gasteiger partial charge in [0.05, 0.1) is 5.02 Å². The summed E-state index contributed by atoms with van der Waals surface area (Å²) in [6, 6.07) is 8.40. The average Bonchev–Trinajstić information content (AvgIpc) is 2.56. The predicted molar refractivity (Wildman–Crippen MR) is 82.7 cm³/mol. The van der Waals surface area contributed by atoms with E-state index >= 15 is 0 Å². The minimum atomic E-state index is -4.73. The van der Waals surface area contributed by atoms with Gasteiger partial charge in [0, 0.05) is 0 Å². The van der Waals surface area contributed by atoms with Crippen molar-refractivity contribution in [2.45, 2.75) is 31.5 Å². The molecule has 0 saturated carbocycles. The van der Waals surface area contributed by atoms with E-state index in [1.54, 1.807) is 6.92 Å². The fourth-order valence-electron chi connectivity index (χ4n) is 2.33. The standard InChI is InChI=1S/C17H14ClF5O2/c1-2-16(24,10-3-6-12(19)7-4-10)11-5-8-13(18)14(9-11)25-17(22,23)15(20)21/h3-9,15,24H,2H2,1H3. The number of hydrogen-bond donors (Lipinski definition) is 1. The summed E-state index contributed by atoms with van der Waals surface area (Å²) in [6.45, 7) is 1.62. The summed E-state index contributed by atoms with van der Waals surface area (Å²) in [7, 11) is 0. The van der Waals surface area contributed by atoms with Crippen LogP contribution < -0.4 is 4.74 Å². The maximum atomic E-state index is 13.2. The van der Waals surface area contributed by atoms with Crippen LogP contribution in [0.5, 0.6) is 5.75 Å². The molecule has 2 aromatic carbocycles. The summed E-state index contributed by atoms with van der Waals surface area (Å²) < 4.78 is 68.1. The van der Waals surface area contributed by atoms with Crippen LogP contribution in [0.1, 0.15) is 24.5 Å². The molecule has 1 unspecified atom stereocenters. The first-order valence-electron chi connectivity index (χ1n) is 7.23. The smallest absolute Gasteiger partial charge is 0.427 e. The molecule has 0 aliphatic heterocycles. The quantitative estimate of drug-likeness (QED) is 0.683. The normalized spacial score (nSPS) is 14.4. The second-order valence-corrected chi connectivity index (χ2v) is 5.74. The third kappa shape index (κ3) is 4.04. The first-order chi connectivity index (χ1) is 11.6. The fraction of sp³-hybridized carbons (Fsp3) is 0.294. The summed E-state index contributed by atoms with van der Waals surface area (Å²) >= 11 is 5.73. The van der Waals surface area contributed by atoms with Gasteiger partial charge < -0.3 is 9.84 Å². The third-order valence-corrected chi connectivity index (χ3v) is 4.05. The number of aliphatic hydroxyl groups is 1. The molecule has 0 aliphatic carbocycles. The molecular formula is C17H14ClF5O2. The van der Waals surface area contributed by atoms with Gasteiger partial charge in [-0.2, -0.15) is 17.6 Å². The highest BCUT2D eigenvalue weighted by Gasteiger charge is 2.44. The lowest BCUT2D eigenvalue weighted by atomic mass is 9.84. The van der Waals surface area contributed by atoms with Gasteiger partial charge >= 0.3 is 12.5 Å². The highest BCUT2D eigenvalue weighted by molar-refractivity contribution is 6.32. The van der Waals surface area contributed by atoms with Crippen molar-refractivity contribution in [1.82, 2.24) is 0 Å². The van der Waals surface area contributed by atoms with Crippen LogP contribution in [0.15, 0.2) is 42.5 Å². The van der Waals surface area contributed by atoms with E-state index in [0.29, 0.717) is 5.56 Å². The zero-order valence-electron chi connectivity index (χ0n) is 12.9. The predicted octanol–water partition coefficient (Wildman–Crippen LogP) is 5.36. The molecular weight excluding hydrogens is 367 g/mol. The summed E-state index contributed by atoms with van der Waals surface area (Å²) in [4.78, 5) is 0. The third-order valence-electron chi connectivity index (χ3n) is 3.74. The molecule has 1 atom stereocenters. The van der Waals surface area contributed by atoms with E-state index in [1.165, 1.54) is 18.2 Å². The number of rotatable bonds is 6. The molecule has 0 amide bonds. The molecule has 0 bridgehead atoms. The largest absolute Gasteiger partial charge is 0.461 e. The SMILES string of the molecule is CCC(O)(c1ccc(F)cc1)c1ccc(Cl)c(OC(F)(F)C(F)F)c1. The van der Waals surface area contributed by atoms with Gasteiger partial charge in [-0.25, -0.2) is 4.39 Å². The van der Waals surface area contributed by atoms with Gasteiger partial charge in [-0.15, -0.1) is 0 Å². The van der Waals surface area contributed by atoms with Crippen molar-refractivity contribution >= 4 is 11.6 Å². The van der Waals surface area contributed by atoms with Crippen LogP contribution in [0.4, 0.5) is 22.0 Å². The van der Waals surface area contributed by atoms with Crippen molar-refractivity contribution in [3.63, 3.8) is 0 Å². The van der Waals surface area contributed by atoms with Crippen LogP contribution in [0.25, 0.3) is 0 Å². The Balaban J connectivity index is 2.47. The van der Waals surface area contributed by atoms with Crippen LogP contribution in [0.2, 0.25) is 5.02 Å². The zero-order chi connectivity index (χ0) is 18.8. The Morgan fingerprint density at radius 1 is 1.08 bits per heavy atom. The minimum Gasteiger partial charge on any atom is -0.427 e. The Morgan fingerprint density at radius 2 is 1.64 bits per heavy atom. The molecule has 0 heterocycles. The van der Waals surface area contributed by atoms with Gasteiger partial charge in [0.2, 0.25) is 0 Å². The Morgan fingerprint density at radius 3 is 2.16 bits per heavy atom. The highest BCUT2D eigenvalue weighted by atomic mass is 35.5. The molecule has 136 valence electrons. The van der Waals surface area contributed by atoms with Gasteiger partial charge in [0.1, 0.15) is 17.2 Å². The van der Waals surface area contributed by atoms with Gasteiger partial charge in [-0.1, -0.05) is 36.7 Å². The van der Waals surface area contributed by atoms with Crippen molar-refractivity contribution < 1.29 is 31.8 Å². The van der Waals surface area contributed by atoms with Crippen LogP contribution in [-0.4, -0.2) is 17.6 Å². The first-order valence-corrected chi connectivity index (χ1v) is 7.61. The molecule has 2 rings (SSSR count). The van der Waals surface area contributed by atoms with E-state index in [4.69, 9.17) is 11.6 Å². The van der Waals surface area contributed by atoms with Crippen LogP contribution in [-0.2, 0) is 5.60 Å². The number of hydrogen-bond acceptors (Lipinski definition) is 2. The summed E-state index contributed by atoms with van der Waals surface area (Å²) in [5.74, 6) is -1.21. The fourth-order valence-corrected chi connectivity index (χ4v) is 2.49. The van der Waals surface area contributed by atoms with Gasteiger partial charge in [-0.05, 0) is 41.8 Å². The lowest BCUT2D eigenvalue weighted by Gasteiger charge is -2.29. The number of benzene rings is 2. The molecule has 25 heavy (non-hydrogen) atoms. The second kappa shape index (κ2) is 7.17. The van der Waals surface area contributed by atoms with Crippen molar-refractivity contribution in [3.8, 4) is 5.75 Å². The molecule has 0 aliphatic rings. The average molecular weight is 381 g/mol. The van der Waals surface area contributed by atoms with E-state index in [0.717, 1.165) is 24.3 Å². The topological polar surface area (TPSA) is 29.5 Å². The van der Waals surface area contributed by atoms with Crippen LogP contribution in [0.3, 0.4) is 0 Å². The van der Waals surface area contributed by atoms with E-state index in [1.807, 2.05) is 0 Å². The van der Waals surface area contributed by atoms with Crippen molar-refractivity contribution in [2.24, 2.45) is 0 Å². The number of halogens is 6. The molecule has 2 aromatic rings. The van der Waals surface area contributed by atoms with Gasteiger partial charge in [0.25, 0.3) is 0 Å². The maximum Gasteiger partial charge on any atom is 0.461 e.